The van der Waals surface area contributed by atoms with E-state index in [4.69, 9.17) is 10.5 Å². The lowest BCUT2D eigenvalue weighted by Crippen LogP contribution is -2.38. The van der Waals surface area contributed by atoms with Gasteiger partial charge in [0, 0.05) is 13.1 Å². The fourth-order valence-electron chi connectivity index (χ4n) is 1.41. The van der Waals surface area contributed by atoms with E-state index < -0.39 is 12.7 Å². The Kier molecular flexibility index (Phi) is 5.81. The van der Waals surface area contributed by atoms with Crippen LogP contribution in [0.1, 0.15) is 13.3 Å². The van der Waals surface area contributed by atoms with Gasteiger partial charge in [0.1, 0.15) is 6.54 Å². The van der Waals surface area contributed by atoms with Gasteiger partial charge in [-0.2, -0.15) is 18.2 Å². The van der Waals surface area contributed by atoms with Crippen molar-refractivity contribution < 1.29 is 17.9 Å². The number of rotatable bonds is 7. The molecule has 0 saturated heterocycles. The minimum atomic E-state index is -4.32. The van der Waals surface area contributed by atoms with Crippen LogP contribution in [0.3, 0.4) is 0 Å². The molecule has 2 N–H and O–H groups in total. The van der Waals surface area contributed by atoms with E-state index in [0.717, 1.165) is 11.3 Å². The first-order valence-electron chi connectivity index (χ1n) is 5.93. The highest BCUT2D eigenvalue weighted by molar-refractivity contribution is 5.37. The van der Waals surface area contributed by atoms with Gasteiger partial charge in [-0.15, -0.1) is 0 Å². The SMILES string of the molecule is CCCOc1cncc(N(CCN)CC(F)(F)F)n1. The summed E-state index contributed by atoms with van der Waals surface area (Å²) in [4.78, 5) is 8.87. The number of nitrogens with two attached hydrogens (primary N) is 1. The largest absolute Gasteiger partial charge is 0.477 e. The van der Waals surface area contributed by atoms with Gasteiger partial charge in [0.2, 0.25) is 5.88 Å². The second-order valence-electron chi connectivity index (χ2n) is 3.89. The number of aromatic nitrogens is 2. The zero-order chi connectivity index (χ0) is 14.3. The Morgan fingerprint density at radius 3 is 2.68 bits per heavy atom. The Bertz CT molecular complexity index is 386. The van der Waals surface area contributed by atoms with Crippen molar-refractivity contribution in [3.05, 3.63) is 12.4 Å². The van der Waals surface area contributed by atoms with E-state index in [2.05, 4.69) is 9.97 Å². The number of hydrogen-bond acceptors (Lipinski definition) is 5. The molecule has 0 aromatic carbocycles. The monoisotopic (exact) mass is 278 g/mol. The molecule has 1 rings (SSSR count). The zero-order valence-electron chi connectivity index (χ0n) is 10.7. The molecule has 0 bridgehead atoms. The fourth-order valence-corrected chi connectivity index (χ4v) is 1.41. The highest BCUT2D eigenvalue weighted by Crippen LogP contribution is 2.21. The number of anilines is 1. The van der Waals surface area contributed by atoms with Gasteiger partial charge in [-0.1, -0.05) is 6.92 Å². The second-order valence-corrected chi connectivity index (χ2v) is 3.89. The van der Waals surface area contributed by atoms with E-state index in [1.54, 1.807) is 0 Å². The number of halogens is 3. The molecule has 0 atom stereocenters. The molecule has 1 aromatic heterocycles. The predicted octanol–water partition coefficient (Wildman–Crippen LogP) is 1.59. The Balaban J connectivity index is 2.83. The lowest BCUT2D eigenvalue weighted by molar-refractivity contribution is -0.119. The Morgan fingerprint density at radius 2 is 2.11 bits per heavy atom. The van der Waals surface area contributed by atoms with Crippen LogP contribution in [-0.4, -0.2) is 42.4 Å². The standard InChI is InChI=1S/C11H17F3N4O/c1-2-5-19-10-7-16-6-9(17-10)18(4-3-15)8-11(12,13)14/h6-7H,2-5,8,15H2,1H3. The van der Waals surface area contributed by atoms with Crippen molar-refractivity contribution >= 4 is 5.82 Å². The van der Waals surface area contributed by atoms with E-state index in [0.29, 0.717) is 6.61 Å². The van der Waals surface area contributed by atoms with Crippen molar-refractivity contribution in [3.63, 3.8) is 0 Å². The van der Waals surface area contributed by atoms with Crippen LogP contribution in [0.25, 0.3) is 0 Å². The normalized spacial score (nSPS) is 11.4. The first-order chi connectivity index (χ1) is 8.96. The fraction of sp³-hybridized carbons (Fsp3) is 0.636. The molecule has 0 unspecified atom stereocenters. The maximum Gasteiger partial charge on any atom is 0.405 e. The molecular weight excluding hydrogens is 261 g/mol. The molecule has 1 aromatic rings. The minimum Gasteiger partial charge on any atom is -0.477 e. The zero-order valence-corrected chi connectivity index (χ0v) is 10.7. The van der Waals surface area contributed by atoms with Gasteiger partial charge >= 0.3 is 6.18 Å². The van der Waals surface area contributed by atoms with Gasteiger partial charge in [0.15, 0.2) is 5.82 Å². The van der Waals surface area contributed by atoms with E-state index in [1.807, 2.05) is 6.92 Å². The molecule has 0 fully saturated rings. The summed E-state index contributed by atoms with van der Waals surface area (Å²) < 4.78 is 42.6. The first-order valence-corrected chi connectivity index (χ1v) is 5.93. The van der Waals surface area contributed by atoms with Crippen molar-refractivity contribution in [3.8, 4) is 5.88 Å². The van der Waals surface area contributed by atoms with Crippen LogP contribution in [-0.2, 0) is 0 Å². The van der Waals surface area contributed by atoms with Gasteiger partial charge < -0.3 is 15.4 Å². The molecule has 8 heteroatoms. The molecule has 1 heterocycles. The summed E-state index contributed by atoms with van der Waals surface area (Å²) in [6.45, 7) is 1.38. The molecule has 0 spiro atoms. The van der Waals surface area contributed by atoms with Gasteiger partial charge in [0.05, 0.1) is 19.0 Å². The summed E-state index contributed by atoms with van der Waals surface area (Å²) in [5.41, 5.74) is 5.32. The number of alkyl halides is 3. The Labute approximate surface area is 109 Å². The van der Waals surface area contributed by atoms with Crippen LogP contribution < -0.4 is 15.4 Å². The highest BCUT2D eigenvalue weighted by Gasteiger charge is 2.31. The van der Waals surface area contributed by atoms with Crippen molar-refractivity contribution in [1.82, 2.24) is 9.97 Å². The summed E-state index contributed by atoms with van der Waals surface area (Å²) in [5.74, 6) is 0.319. The number of hydrogen-bond donors (Lipinski definition) is 1. The minimum absolute atomic E-state index is 0.0470. The highest BCUT2D eigenvalue weighted by atomic mass is 19.4. The first kappa shape index (κ1) is 15.5. The van der Waals surface area contributed by atoms with Crippen molar-refractivity contribution in [2.45, 2.75) is 19.5 Å². The lowest BCUT2D eigenvalue weighted by Gasteiger charge is -2.24. The molecule has 0 aliphatic heterocycles. The van der Waals surface area contributed by atoms with Crippen molar-refractivity contribution in [2.24, 2.45) is 5.73 Å². The molecule has 108 valence electrons. The number of ether oxygens (including phenoxy) is 1. The molecule has 0 aliphatic carbocycles. The quantitative estimate of drug-likeness (QED) is 0.820. The van der Waals surface area contributed by atoms with Gasteiger partial charge in [0.25, 0.3) is 0 Å². The third-order valence-electron chi connectivity index (χ3n) is 2.15. The molecule has 19 heavy (non-hydrogen) atoms. The van der Waals surface area contributed by atoms with Crippen LogP contribution >= 0.6 is 0 Å². The molecule has 5 nitrogen and oxygen atoms in total. The average Bonchev–Trinajstić information content (AvgIpc) is 2.35. The lowest BCUT2D eigenvalue weighted by atomic mass is 10.4. The van der Waals surface area contributed by atoms with Crippen LogP contribution in [0.15, 0.2) is 12.4 Å². The van der Waals surface area contributed by atoms with E-state index in [1.165, 1.54) is 12.4 Å². The van der Waals surface area contributed by atoms with Crippen LogP contribution in [0, 0.1) is 0 Å². The van der Waals surface area contributed by atoms with Gasteiger partial charge in [-0.05, 0) is 6.42 Å². The predicted molar refractivity (Wildman–Crippen MR) is 65.1 cm³/mol. The van der Waals surface area contributed by atoms with Crippen LogP contribution in [0.2, 0.25) is 0 Å². The van der Waals surface area contributed by atoms with Gasteiger partial charge in [-0.25, -0.2) is 0 Å². The van der Waals surface area contributed by atoms with E-state index in [-0.39, 0.29) is 24.8 Å². The third kappa shape index (κ3) is 5.73. The summed E-state index contributed by atoms with van der Waals surface area (Å²) >= 11 is 0. The summed E-state index contributed by atoms with van der Waals surface area (Å²) in [6, 6.07) is 0. The Hall–Kier alpha value is -1.57. The maximum atomic E-state index is 12.5. The molecule has 0 radical (unpaired) electrons. The Morgan fingerprint density at radius 1 is 1.37 bits per heavy atom. The number of nitrogens with zero attached hydrogens (tertiary/aromatic N) is 3. The van der Waals surface area contributed by atoms with Crippen molar-refractivity contribution in [1.29, 1.82) is 0 Å². The summed E-state index contributed by atoms with van der Waals surface area (Å²) in [7, 11) is 0. The van der Waals surface area contributed by atoms with E-state index >= 15 is 0 Å². The molecular formula is C11H17F3N4O. The van der Waals surface area contributed by atoms with Crippen LogP contribution in [0.5, 0.6) is 5.88 Å². The van der Waals surface area contributed by atoms with Crippen LogP contribution in [0.4, 0.5) is 19.0 Å². The molecule has 0 amide bonds. The maximum absolute atomic E-state index is 12.5. The van der Waals surface area contributed by atoms with E-state index in [9.17, 15) is 13.2 Å². The van der Waals surface area contributed by atoms with Gasteiger partial charge in [-0.3, -0.25) is 4.98 Å². The second kappa shape index (κ2) is 7.13. The summed E-state index contributed by atoms with van der Waals surface area (Å²) in [6.07, 6.45) is -0.911. The smallest absolute Gasteiger partial charge is 0.405 e. The topological polar surface area (TPSA) is 64.3 Å². The molecule has 0 aliphatic rings. The molecule has 0 saturated carbocycles. The third-order valence-corrected chi connectivity index (χ3v) is 2.15. The van der Waals surface area contributed by atoms with Crippen molar-refractivity contribution in [2.75, 3.05) is 31.1 Å². The summed E-state index contributed by atoms with van der Waals surface area (Å²) in [5, 5.41) is 0. The average molecular weight is 278 g/mol.